The number of para-hydroxylation sites is 1. The molecule has 2 N–H and O–H groups in total. The smallest absolute Gasteiger partial charge is 0.346 e. The average Bonchev–Trinajstić information content (AvgIpc) is 2.90. The monoisotopic (exact) mass is 345 g/mol. The number of aromatic carboxylic acids is 1. The fraction of sp³-hybridized carbons (Fsp3) is 0.0769. The lowest BCUT2D eigenvalue weighted by atomic mass is 10.3. The van der Waals surface area contributed by atoms with Crippen molar-refractivity contribution in [1.82, 2.24) is 0 Å². The Morgan fingerprint density at radius 3 is 2.52 bits per heavy atom. The lowest BCUT2D eigenvalue weighted by molar-refractivity contribution is -0.118. The SMILES string of the molecule is O=C(COc1csc(C(=O)O)c1)Nc1c(Cl)cccc1Cl. The van der Waals surface area contributed by atoms with Gasteiger partial charge < -0.3 is 15.2 Å². The quantitative estimate of drug-likeness (QED) is 0.864. The second-order valence-corrected chi connectivity index (χ2v) is 5.61. The number of ether oxygens (including phenoxy) is 1. The molecule has 0 saturated heterocycles. The van der Waals surface area contributed by atoms with Crippen LogP contribution in [-0.4, -0.2) is 23.6 Å². The zero-order valence-electron chi connectivity index (χ0n) is 10.4. The molecule has 0 aliphatic carbocycles. The Morgan fingerprint density at radius 2 is 1.95 bits per heavy atom. The standard InChI is InChI=1S/C13H9Cl2NO4S/c14-8-2-1-3-9(15)12(8)16-11(17)5-20-7-4-10(13(18)19)21-6-7/h1-4,6H,5H2,(H,16,17)(H,18,19). The fourth-order valence-electron chi connectivity index (χ4n) is 1.45. The maximum absolute atomic E-state index is 11.8. The highest BCUT2D eigenvalue weighted by Crippen LogP contribution is 2.29. The number of carboxylic acid groups (broad SMARTS) is 1. The molecule has 0 saturated carbocycles. The highest BCUT2D eigenvalue weighted by atomic mass is 35.5. The molecule has 0 aliphatic rings. The third-order valence-electron chi connectivity index (χ3n) is 2.38. The molecule has 0 spiro atoms. The number of carbonyl (C=O) groups is 2. The molecule has 1 aromatic heterocycles. The van der Waals surface area contributed by atoms with Gasteiger partial charge in [-0.25, -0.2) is 4.79 Å². The van der Waals surface area contributed by atoms with Gasteiger partial charge in [0.05, 0.1) is 15.7 Å². The first-order valence-corrected chi connectivity index (χ1v) is 7.29. The number of rotatable bonds is 5. The van der Waals surface area contributed by atoms with Gasteiger partial charge in [0.15, 0.2) is 6.61 Å². The summed E-state index contributed by atoms with van der Waals surface area (Å²) in [5, 5.41) is 13.5. The van der Waals surface area contributed by atoms with Crippen LogP contribution in [-0.2, 0) is 4.79 Å². The van der Waals surface area contributed by atoms with Crippen LogP contribution >= 0.6 is 34.5 Å². The van der Waals surface area contributed by atoms with Crippen molar-refractivity contribution in [2.75, 3.05) is 11.9 Å². The first-order chi connectivity index (χ1) is 9.97. The van der Waals surface area contributed by atoms with Crippen LogP contribution in [0.2, 0.25) is 10.0 Å². The van der Waals surface area contributed by atoms with Gasteiger partial charge in [-0.1, -0.05) is 29.3 Å². The van der Waals surface area contributed by atoms with Gasteiger partial charge in [-0.05, 0) is 12.1 Å². The number of hydrogen-bond acceptors (Lipinski definition) is 4. The normalized spacial score (nSPS) is 10.2. The van der Waals surface area contributed by atoms with E-state index in [9.17, 15) is 9.59 Å². The number of carbonyl (C=O) groups excluding carboxylic acids is 1. The molecular weight excluding hydrogens is 337 g/mol. The van der Waals surface area contributed by atoms with Gasteiger partial charge in [0.25, 0.3) is 5.91 Å². The Bertz CT molecular complexity index is 666. The molecule has 21 heavy (non-hydrogen) atoms. The molecule has 0 radical (unpaired) electrons. The molecule has 110 valence electrons. The first kappa shape index (κ1) is 15.6. The zero-order valence-corrected chi connectivity index (χ0v) is 12.8. The Morgan fingerprint density at radius 1 is 1.29 bits per heavy atom. The van der Waals surface area contributed by atoms with E-state index in [0.717, 1.165) is 11.3 Å². The summed E-state index contributed by atoms with van der Waals surface area (Å²) in [5.41, 5.74) is 0.311. The molecule has 2 rings (SSSR count). The van der Waals surface area contributed by atoms with Crippen molar-refractivity contribution in [2.24, 2.45) is 0 Å². The summed E-state index contributed by atoms with van der Waals surface area (Å²) in [6.07, 6.45) is 0. The van der Waals surface area contributed by atoms with Gasteiger partial charge in [0.1, 0.15) is 10.6 Å². The summed E-state index contributed by atoms with van der Waals surface area (Å²) in [5.74, 6) is -1.17. The van der Waals surface area contributed by atoms with Crippen LogP contribution in [0.4, 0.5) is 5.69 Å². The predicted octanol–water partition coefficient (Wildman–Crippen LogP) is 3.77. The molecule has 1 heterocycles. The minimum atomic E-state index is -1.04. The van der Waals surface area contributed by atoms with Gasteiger partial charge in [-0.15, -0.1) is 11.3 Å². The minimum absolute atomic E-state index is 0.138. The van der Waals surface area contributed by atoms with E-state index in [1.165, 1.54) is 11.4 Å². The highest BCUT2D eigenvalue weighted by molar-refractivity contribution is 7.12. The number of nitrogens with one attached hydrogen (secondary N) is 1. The van der Waals surface area contributed by atoms with E-state index in [0.29, 0.717) is 21.5 Å². The van der Waals surface area contributed by atoms with Crippen LogP contribution in [0.3, 0.4) is 0 Å². The van der Waals surface area contributed by atoms with Crippen molar-refractivity contribution >= 4 is 52.1 Å². The molecule has 5 nitrogen and oxygen atoms in total. The van der Waals surface area contributed by atoms with Gasteiger partial charge >= 0.3 is 5.97 Å². The van der Waals surface area contributed by atoms with Gasteiger partial charge in [-0.2, -0.15) is 0 Å². The van der Waals surface area contributed by atoms with Crippen molar-refractivity contribution in [1.29, 1.82) is 0 Å². The maximum Gasteiger partial charge on any atom is 0.346 e. The van der Waals surface area contributed by atoms with E-state index in [2.05, 4.69) is 5.32 Å². The van der Waals surface area contributed by atoms with Crippen molar-refractivity contribution in [3.05, 3.63) is 44.6 Å². The number of halogens is 2. The summed E-state index contributed by atoms with van der Waals surface area (Å²) in [6.45, 7) is -0.280. The van der Waals surface area contributed by atoms with E-state index in [4.69, 9.17) is 33.0 Å². The molecule has 1 amide bonds. The number of thiophene rings is 1. The first-order valence-electron chi connectivity index (χ1n) is 5.66. The van der Waals surface area contributed by atoms with E-state index in [1.54, 1.807) is 18.2 Å². The summed E-state index contributed by atoms with van der Waals surface area (Å²) in [4.78, 5) is 22.6. The van der Waals surface area contributed by atoms with Crippen LogP contribution in [0.1, 0.15) is 9.67 Å². The minimum Gasteiger partial charge on any atom is -0.483 e. The molecule has 1 aromatic carbocycles. The molecule has 0 unspecified atom stereocenters. The van der Waals surface area contributed by atoms with Gasteiger partial charge in [0.2, 0.25) is 0 Å². The largest absolute Gasteiger partial charge is 0.483 e. The van der Waals surface area contributed by atoms with Crippen LogP contribution in [0.25, 0.3) is 0 Å². The second kappa shape index (κ2) is 6.80. The van der Waals surface area contributed by atoms with E-state index < -0.39 is 11.9 Å². The summed E-state index contributed by atoms with van der Waals surface area (Å²) in [7, 11) is 0. The number of carboxylic acids is 1. The van der Waals surface area contributed by atoms with Gasteiger partial charge in [-0.3, -0.25) is 4.79 Å². The number of hydrogen-bond donors (Lipinski definition) is 2. The summed E-state index contributed by atoms with van der Waals surface area (Å²) >= 11 is 12.9. The van der Waals surface area contributed by atoms with E-state index >= 15 is 0 Å². The number of benzene rings is 1. The highest BCUT2D eigenvalue weighted by Gasteiger charge is 2.12. The third-order valence-corrected chi connectivity index (χ3v) is 3.91. The lowest BCUT2D eigenvalue weighted by Crippen LogP contribution is -2.20. The van der Waals surface area contributed by atoms with Crippen LogP contribution < -0.4 is 10.1 Å². The Hall–Kier alpha value is -1.76. The van der Waals surface area contributed by atoms with Crippen molar-refractivity contribution in [3.63, 3.8) is 0 Å². The number of amides is 1. The zero-order chi connectivity index (χ0) is 15.4. The Kier molecular flexibility index (Phi) is 5.06. The molecule has 8 heteroatoms. The fourth-order valence-corrected chi connectivity index (χ4v) is 2.60. The maximum atomic E-state index is 11.8. The van der Waals surface area contributed by atoms with Crippen LogP contribution in [0.15, 0.2) is 29.6 Å². The second-order valence-electron chi connectivity index (χ2n) is 3.89. The summed E-state index contributed by atoms with van der Waals surface area (Å²) < 4.78 is 5.20. The van der Waals surface area contributed by atoms with Crippen molar-refractivity contribution < 1.29 is 19.4 Å². The molecule has 2 aromatic rings. The molecule has 0 atom stereocenters. The molecular formula is C13H9Cl2NO4S. The summed E-state index contributed by atoms with van der Waals surface area (Å²) in [6, 6.07) is 6.21. The molecule has 0 fully saturated rings. The van der Waals surface area contributed by atoms with Crippen molar-refractivity contribution in [3.8, 4) is 5.75 Å². The van der Waals surface area contributed by atoms with E-state index in [-0.39, 0.29) is 11.5 Å². The van der Waals surface area contributed by atoms with Gasteiger partial charge in [0, 0.05) is 11.4 Å². The van der Waals surface area contributed by atoms with Crippen LogP contribution in [0.5, 0.6) is 5.75 Å². The Balaban J connectivity index is 1.94. The third kappa shape index (κ3) is 4.10. The van der Waals surface area contributed by atoms with Crippen LogP contribution in [0, 0.1) is 0 Å². The topological polar surface area (TPSA) is 75.6 Å². The molecule has 0 aliphatic heterocycles. The van der Waals surface area contributed by atoms with E-state index in [1.807, 2.05) is 0 Å². The average molecular weight is 346 g/mol. The Labute approximate surface area is 134 Å². The predicted molar refractivity (Wildman–Crippen MR) is 81.9 cm³/mol. The molecule has 0 bridgehead atoms. The number of anilines is 1. The lowest BCUT2D eigenvalue weighted by Gasteiger charge is -2.09. The van der Waals surface area contributed by atoms with Crippen molar-refractivity contribution in [2.45, 2.75) is 0 Å².